The first kappa shape index (κ1) is 29.1. The number of halogens is 2. The summed E-state index contributed by atoms with van der Waals surface area (Å²) in [4.78, 5) is 22.2. The van der Waals surface area contributed by atoms with Crippen molar-refractivity contribution in [2.75, 3.05) is 12.4 Å². The number of aromatic amines is 1. The molecule has 0 aliphatic heterocycles. The van der Waals surface area contributed by atoms with E-state index in [2.05, 4.69) is 49.3 Å². The topological polar surface area (TPSA) is 107 Å². The Morgan fingerprint density at radius 2 is 1.76 bits per heavy atom. The predicted octanol–water partition coefficient (Wildman–Crippen LogP) is 5.83. The maximum Gasteiger partial charge on any atom is 0.254 e. The van der Waals surface area contributed by atoms with Gasteiger partial charge in [0.05, 0.1) is 23.5 Å². The number of aromatic nitrogens is 3. The molecule has 2 aromatic carbocycles. The third-order valence-electron chi connectivity index (χ3n) is 6.80. The molecular formula is C31H33F2N7O. The van der Waals surface area contributed by atoms with E-state index in [0.29, 0.717) is 23.6 Å². The highest BCUT2D eigenvalue weighted by Crippen LogP contribution is 2.26. The molecule has 0 saturated carbocycles. The summed E-state index contributed by atoms with van der Waals surface area (Å²) < 4.78 is 27.0. The van der Waals surface area contributed by atoms with Crippen LogP contribution in [0.3, 0.4) is 0 Å². The highest BCUT2D eigenvalue weighted by atomic mass is 19.2. The summed E-state index contributed by atoms with van der Waals surface area (Å²) in [7, 11) is 1.81. The molecule has 0 aliphatic carbocycles. The van der Waals surface area contributed by atoms with Crippen LogP contribution in [0.4, 0.5) is 14.6 Å². The van der Waals surface area contributed by atoms with Gasteiger partial charge in [0, 0.05) is 24.8 Å². The lowest BCUT2D eigenvalue weighted by atomic mass is 10.0. The minimum absolute atomic E-state index is 0.115. The summed E-state index contributed by atoms with van der Waals surface area (Å²) in [5.41, 5.74) is 4.96. The van der Waals surface area contributed by atoms with E-state index in [4.69, 9.17) is 0 Å². The van der Waals surface area contributed by atoms with Gasteiger partial charge in [-0.15, -0.1) is 0 Å². The van der Waals surface area contributed by atoms with Crippen molar-refractivity contribution in [2.24, 2.45) is 4.99 Å². The van der Waals surface area contributed by atoms with E-state index >= 15 is 0 Å². The number of amides is 1. The van der Waals surface area contributed by atoms with Crippen LogP contribution in [-0.2, 0) is 11.3 Å². The lowest BCUT2D eigenvalue weighted by Gasteiger charge is -2.20. The van der Waals surface area contributed by atoms with E-state index in [0.717, 1.165) is 45.6 Å². The van der Waals surface area contributed by atoms with Gasteiger partial charge in [0.1, 0.15) is 5.84 Å². The maximum absolute atomic E-state index is 13.7. The van der Waals surface area contributed by atoms with E-state index in [9.17, 15) is 13.6 Å². The fourth-order valence-corrected chi connectivity index (χ4v) is 4.04. The Bertz CT molecular complexity index is 1630. The summed E-state index contributed by atoms with van der Waals surface area (Å²) in [6.07, 6.45) is 1.79. The van der Waals surface area contributed by atoms with Crippen molar-refractivity contribution in [3.05, 3.63) is 102 Å². The summed E-state index contributed by atoms with van der Waals surface area (Å²) >= 11 is 0. The Morgan fingerprint density at radius 3 is 2.41 bits per heavy atom. The number of anilines is 1. The monoisotopic (exact) mass is 557 g/mol. The van der Waals surface area contributed by atoms with Crippen LogP contribution in [0.15, 0.2) is 84.0 Å². The van der Waals surface area contributed by atoms with Gasteiger partial charge in [-0.2, -0.15) is 5.10 Å². The van der Waals surface area contributed by atoms with Crippen molar-refractivity contribution >= 4 is 28.6 Å². The van der Waals surface area contributed by atoms with Gasteiger partial charge < -0.3 is 16.0 Å². The molecule has 41 heavy (non-hydrogen) atoms. The summed E-state index contributed by atoms with van der Waals surface area (Å²) in [5, 5.41) is 17.1. The quantitative estimate of drug-likeness (QED) is 0.0850. The Kier molecular flexibility index (Phi) is 8.91. The Balaban J connectivity index is 1.50. The first-order chi connectivity index (χ1) is 19.6. The minimum Gasteiger partial charge on any atom is -0.371 e. The molecule has 10 heteroatoms. The average Bonchev–Trinajstić information content (AvgIpc) is 3.38. The highest BCUT2D eigenvalue weighted by Gasteiger charge is 2.19. The fourth-order valence-electron chi connectivity index (χ4n) is 4.04. The van der Waals surface area contributed by atoms with Gasteiger partial charge in [-0.1, -0.05) is 49.1 Å². The SMILES string of the molecule is C=C(C(=O)N[C@@H](C)c1ccc(F)c(F)c1)C(=NCc1ccc(-c2cnc3[nH]nc(NC)c3c2)cc1)NC(C)C(=C)C. The second-order valence-electron chi connectivity index (χ2n) is 9.86. The lowest BCUT2D eigenvalue weighted by Crippen LogP contribution is -2.39. The van der Waals surface area contributed by atoms with Gasteiger partial charge >= 0.3 is 0 Å². The van der Waals surface area contributed by atoms with Crippen LogP contribution >= 0.6 is 0 Å². The molecule has 2 heterocycles. The van der Waals surface area contributed by atoms with Crippen molar-refractivity contribution in [1.82, 2.24) is 25.8 Å². The molecule has 4 aromatic rings. The Labute approximate surface area is 237 Å². The molecule has 0 saturated heterocycles. The fraction of sp³-hybridized carbons (Fsp3) is 0.226. The van der Waals surface area contributed by atoms with Crippen molar-refractivity contribution in [3.63, 3.8) is 0 Å². The molecular weight excluding hydrogens is 524 g/mol. The molecule has 1 unspecified atom stereocenters. The number of benzene rings is 2. The van der Waals surface area contributed by atoms with E-state index in [-0.39, 0.29) is 11.6 Å². The molecule has 0 aliphatic rings. The molecule has 8 nitrogen and oxygen atoms in total. The van der Waals surface area contributed by atoms with Crippen molar-refractivity contribution in [2.45, 2.75) is 39.4 Å². The van der Waals surface area contributed by atoms with Crippen LogP contribution in [0.5, 0.6) is 0 Å². The maximum atomic E-state index is 13.7. The van der Waals surface area contributed by atoms with Crippen molar-refractivity contribution in [3.8, 4) is 11.1 Å². The molecule has 4 N–H and O–H groups in total. The lowest BCUT2D eigenvalue weighted by molar-refractivity contribution is -0.117. The zero-order chi connectivity index (χ0) is 29.7. The molecule has 212 valence electrons. The number of nitrogens with one attached hydrogen (secondary N) is 4. The van der Waals surface area contributed by atoms with E-state index in [1.54, 1.807) is 13.1 Å². The molecule has 2 aromatic heterocycles. The number of fused-ring (bicyclic) bond motifs is 1. The van der Waals surface area contributed by atoms with Gasteiger partial charge in [-0.3, -0.25) is 14.9 Å². The van der Waals surface area contributed by atoms with Gasteiger partial charge in [-0.05, 0) is 55.7 Å². The third kappa shape index (κ3) is 6.84. The average molecular weight is 558 g/mol. The van der Waals surface area contributed by atoms with E-state index in [1.165, 1.54) is 6.07 Å². The van der Waals surface area contributed by atoms with Crippen molar-refractivity contribution < 1.29 is 13.6 Å². The second-order valence-corrected chi connectivity index (χ2v) is 9.86. The molecule has 4 rings (SSSR count). The van der Waals surface area contributed by atoms with Crippen LogP contribution in [-0.4, -0.2) is 40.0 Å². The standard InChI is InChI=1S/C31H33F2N7O/c1-17(2)19(4)37-28(18(3)31(41)38-20(5)23-11-12-26(32)27(33)14-23)35-15-21-7-9-22(10-8-21)24-13-25-29(34-6)39-40-30(25)36-16-24/h7-14,16,19-20H,1,3,15H2,2,4-6H3,(H,35,37)(H,38,41)(H2,34,36,39,40)/t19?,20-/m0/s1. The number of aliphatic imine (C=N–C) groups is 1. The Morgan fingerprint density at radius 1 is 1.02 bits per heavy atom. The molecule has 2 atom stereocenters. The smallest absolute Gasteiger partial charge is 0.254 e. The number of H-pyrrole nitrogens is 1. The normalized spacial score (nSPS) is 13.0. The summed E-state index contributed by atoms with van der Waals surface area (Å²) in [6.45, 7) is 13.7. The minimum atomic E-state index is -0.978. The number of nitrogens with zero attached hydrogens (tertiary/aromatic N) is 3. The molecule has 0 bridgehead atoms. The predicted molar refractivity (Wildman–Crippen MR) is 159 cm³/mol. The van der Waals surface area contributed by atoms with Crippen LogP contribution < -0.4 is 16.0 Å². The highest BCUT2D eigenvalue weighted by molar-refractivity contribution is 6.20. The number of pyridine rings is 1. The van der Waals surface area contributed by atoms with Crippen LogP contribution in [0.1, 0.15) is 37.9 Å². The first-order valence-electron chi connectivity index (χ1n) is 13.1. The van der Waals surface area contributed by atoms with Gasteiger partial charge in [0.25, 0.3) is 5.91 Å². The second kappa shape index (κ2) is 12.5. The molecule has 1 amide bonds. The zero-order valence-corrected chi connectivity index (χ0v) is 23.5. The number of hydrogen-bond donors (Lipinski definition) is 4. The number of rotatable bonds is 10. The van der Waals surface area contributed by atoms with Gasteiger partial charge in [0.15, 0.2) is 23.1 Å². The molecule has 0 spiro atoms. The van der Waals surface area contributed by atoms with Crippen LogP contribution in [0.25, 0.3) is 22.2 Å². The first-order valence-corrected chi connectivity index (χ1v) is 13.1. The number of hydrogen-bond acceptors (Lipinski definition) is 5. The van der Waals surface area contributed by atoms with E-state index in [1.807, 2.05) is 51.2 Å². The zero-order valence-electron chi connectivity index (χ0n) is 23.5. The number of amidine groups is 1. The van der Waals surface area contributed by atoms with Crippen LogP contribution in [0.2, 0.25) is 0 Å². The third-order valence-corrected chi connectivity index (χ3v) is 6.80. The van der Waals surface area contributed by atoms with Gasteiger partial charge in [-0.25, -0.2) is 13.8 Å². The van der Waals surface area contributed by atoms with E-state index < -0.39 is 23.6 Å². The molecule has 0 fully saturated rings. The summed E-state index contributed by atoms with van der Waals surface area (Å²) in [5.74, 6) is -1.37. The largest absolute Gasteiger partial charge is 0.371 e. The van der Waals surface area contributed by atoms with Crippen molar-refractivity contribution in [1.29, 1.82) is 0 Å². The Hall–Kier alpha value is -4.86. The summed E-state index contributed by atoms with van der Waals surface area (Å²) in [6, 6.07) is 12.7. The molecule has 0 radical (unpaired) electrons. The van der Waals surface area contributed by atoms with Gasteiger partial charge in [0.2, 0.25) is 0 Å². The number of carbonyl (C=O) groups is 1. The van der Waals surface area contributed by atoms with Crippen LogP contribution in [0, 0.1) is 11.6 Å². The number of carbonyl (C=O) groups excluding carboxylic acids is 1.